The molecule has 1 saturated heterocycles. The number of anilines is 1. The molecule has 0 aliphatic carbocycles. The first-order chi connectivity index (χ1) is 9.40. The van der Waals surface area contributed by atoms with Crippen molar-refractivity contribution < 1.29 is 4.74 Å². The number of ether oxygens (including phenoxy) is 1. The number of rotatable bonds is 2. The largest absolute Gasteiger partial charge is 0.378 e. The molecule has 0 spiro atoms. The molecule has 0 saturated carbocycles. The Kier molecular flexibility index (Phi) is 3.17. The summed E-state index contributed by atoms with van der Waals surface area (Å²) in [4.78, 5) is 2.09. The summed E-state index contributed by atoms with van der Waals surface area (Å²) in [6.07, 6.45) is 0. The monoisotopic (exact) mass is 254 g/mol. The topological polar surface area (TPSA) is 64.9 Å². The van der Waals surface area contributed by atoms with E-state index in [1.807, 2.05) is 30.3 Å². The maximum atomic E-state index is 9.41. The van der Waals surface area contributed by atoms with Crippen LogP contribution < -0.4 is 4.90 Å². The summed E-state index contributed by atoms with van der Waals surface area (Å²) in [6.45, 7) is 2.90. The quantitative estimate of drug-likeness (QED) is 0.887. The second-order valence-corrected chi connectivity index (χ2v) is 4.37. The van der Waals surface area contributed by atoms with Crippen molar-refractivity contribution in [2.45, 2.75) is 0 Å². The van der Waals surface area contributed by atoms with E-state index < -0.39 is 0 Å². The lowest BCUT2D eigenvalue weighted by Crippen LogP contribution is -2.36. The molecule has 5 heteroatoms. The number of aromatic amines is 1. The minimum absolute atomic E-state index is 0.605. The Bertz CT molecular complexity index is 594. The van der Waals surface area contributed by atoms with Gasteiger partial charge in [-0.05, 0) is 0 Å². The van der Waals surface area contributed by atoms with Gasteiger partial charge in [0.1, 0.15) is 11.6 Å². The van der Waals surface area contributed by atoms with Gasteiger partial charge in [-0.1, -0.05) is 30.3 Å². The Morgan fingerprint density at radius 1 is 1.21 bits per heavy atom. The Labute approximate surface area is 111 Å². The van der Waals surface area contributed by atoms with Crippen molar-refractivity contribution in [3.63, 3.8) is 0 Å². The van der Waals surface area contributed by atoms with Gasteiger partial charge < -0.3 is 9.64 Å². The molecule has 2 heterocycles. The van der Waals surface area contributed by atoms with E-state index in [9.17, 15) is 5.26 Å². The average molecular weight is 254 g/mol. The van der Waals surface area contributed by atoms with Gasteiger partial charge in [0.05, 0.1) is 18.9 Å². The molecule has 96 valence electrons. The zero-order valence-corrected chi connectivity index (χ0v) is 10.5. The lowest BCUT2D eigenvalue weighted by molar-refractivity contribution is 0.122. The van der Waals surface area contributed by atoms with E-state index in [0.29, 0.717) is 18.8 Å². The third-order valence-electron chi connectivity index (χ3n) is 3.23. The fraction of sp³-hybridized carbons (Fsp3) is 0.286. The standard InChI is InChI=1S/C14H14N4O/c15-10-12-13(11-4-2-1-3-5-11)16-17-14(12)18-6-8-19-9-7-18/h1-5H,6-9H2,(H,16,17). The number of nitrogens with one attached hydrogen (secondary N) is 1. The van der Waals surface area contributed by atoms with Crippen molar-refractivity contribution in [3.8, 4) is 17.3 Å². The van der Waals surface area contributed by atoms with Crippen molar-refractivity contribution in [3.05, 3.63) is 35.9 Å². The smallest absolute Gasteiger partial charge is 0.169 e. The zero-order chi connectivity index (χ0) is 13.1. The highest BCUT2D eigenvalue weighted by Gasteiger charge is 2.21. The van der Waals surface area contributed by atoms with Crippen molar-refractivity contribution in [2.24, 2.45) is 0 Å². The van der Waals surface area contributed by atoms with E-state index in [-0.39, 0.29) is 0 Å². The van der Waals surface area contributed by atoms with Gasteiger partial charge in [-0.25, -0.2) is 0 Å². The first-order valence-corrected chi connectivity index (χ1v) is 6.26. The number of morpholine rings is 1. The minimum atomic E-state index is 0.605. The molecule has 2 aromatic rings. The Morgan fingerprint density at radius 2 is 1.95 bits per heavy atom. The van der Waals surface area contributed by atoms with Gasteiger partial charge in [-0.2, -0.15) is 10.4 Å². The molecule has 5 nitrogen and oxygen atoms in total. The molecule has 0 bridgehead atoms. The molecule has 1 aliphatic heterocycles. The molecule has 1 aromatic carbocycles. The highest BCUT2D eigenvalue weighted by molar-refractivity contribution is 5.73. The van der Waals surface area contributed by atoms with Crippen LogP contribution in [-0.4, -0.2) is 36.5 Å². The SMILES string of the molecule is N#Cc1c(N2CCOCC2)n[nH]c1-c1ccccc1. The van der Waals surface area contributed by atoms with Gasteiger partial charge >= 0.3 is 0 Å². The first-order valence-electron chi connectivity index (χ1n) is 6.26. The lowest BCUT2D eigenvalue weighted by Gasteiger charge is -2.26. The van der Waals surface area contributed by atoms with Crippen LogP contribution >= 0.6 is 0 Å². The summed E-state index contributed by atoms with van der Waals surface area (Å²) in [5.74, 6) is 0.727. The fourth-order valence-electron chi connectivity index (χ4n) is 2.26. The second kappa shape index (κ2) is 5.12. The molecule has 19 heavy (non-hydrogen) atoms. The summed E-state index contributed by atoms with van der Waals surface area (Å²) in [7, 11) is 0. The maximum Gasteiger partial charge on any atom is 0.169 e. The molecule has 0 amide bonds. The fourth-order valence-corrected chi connectivity index (χ4v) is 2.26. The number of hydrogen-bond donors (Lipinski definition) is 1. The summed E-state index contributed by atoms with van der Waals surface area (Å²) in [5, 5.41) is 16.7. The average Bonchev–Trinajstić information content (AvgIpc) is 2.93. The molecule has 3 rings (SSSR count). The van der Waals surface area contributed by atoms with Crippen LogP contribution in [0.5, 0.6) is 0 Å². The minimum Gasteiger partial charge on any atom is -0.378 e. The normalized spacial score (nSPS) is 15.2. The summed E-state index contributed by atoms with van der Waals surface area (Å²) >= 11 is 0. The van der Waals surface area contributed by atoms with E-state index in [4.69, 9.17) is 4.74 Å². The number of hydrogen-bond acceptors (Lipinski definition) is 4. The number of nitrogens with zero attached hydrogens (tertiary/aromatic N) is 3. The zero-order valence-electron chi connectivity index (χ0n) is 10.5. The Morgan fingerprint density at radius 3 is 2.63 bits per heavy atom. The lowest BCUT2D eigenvalue weighted by atomic mass is 10.1. The third kappa shape index (κ3) is 2.18. The van der Waals surface area contributed by atoms with Crippen LogP contribution in [0.4, 0.5) is 5.82 Å². The van der Waals surface area contributed by atoms with E-state index in [1.165, 1.54) is 0 Å². The van der Waals surface area contributed by atoms with Crippen molar-refractivity contribution in [1.82, 2.24) is 10.2 Å². The molecule has 1 N–H and O–H groups in total. The van der Waals surface area contributed by atoms with Gasteiger partial charge in [-0.3, -0.25) is 5.10 Å². The van der Waals surface area contributed by atoms with E-state index in [2.05, 4.69) is 21.2 Å². The van der Waals surface area contributed by atoms with Crippen molar-refractivity contribution >= 4 is 5.82 Å². The molecule has 0 atom stereocenters. The van der Waals surface area contributed by atoms with Crippen LogP contribution in [0.15, 0.2) is 30.3 Å². The van der Waals surface area contributed by atoms with Gasteiger partial charge in [-0.15, -0.1) is 0 Å². The van der Waals surface area contributed by atoms with Crippen molar-refractivity contribution in [2.75, 3.05) is 31.2 Å². The highest BCUT2D eigenvalue weighted by Crippen LogP contribution is 2.28. The summed E-state index contributed by atoms with van der Waals surface area (Å²) < 4.78 is 5.32. The van der Waals surface area contributed by atoms with Crippen LogP contribution in [0.3, 0.4) is 0 Å². The van der Waals surface area contributed by atoms with Crippen LogP contribution in [0, 0.1) is 11.3 Å². The van der Waals surface area contributed by atoms with Crippen LogP contribution in [-0.2, 0) is 4.74 Å². The molecule has 1 aromatic heterocycles. The van der Waals surface area contributed by atoms with Gasteiger partial charge in [0, 0.05) is 18.7 Å². The highest BCUT2D eigenvalue weighted by atomic mass is 16.5. The number of benzene rings is 1. The van der Waals surface area contributed by atoms with Gasteiger partial charge in [0.15, 0.2) is 5.82 Å². The summed E-state index contributed by atoms with van der Waals surface area (Å²) in [5.41, 5.74) is 2.36. The molecule has 0 unspecified atom stereocenters. The molecule has 0 radical (unpaired) electrons. The van der Waals surface area contributed by atoms with E-state index in [1.54, 1.807) is 0 Å². The van der Waals surface area contributed by atoms with Gasteiger partial charge in [0.25, 0.3) is 0 Å². The van der Waals surface area contributed by atoms with Crippen LogP contribution in [0.1, 0.15) is 5.56 Å². The Hall–Kier alpha value is -2.32. The van der Waals surface area contributed by atoms with E-state index >= 15 is 0 Å². The predicted octanol–water partition coefficient (Wildman–Crippen LogP) is 1.78. The predicted molar refractivity (Wildman–Crippen MR) is 71.8 cm³/mol. The number of H-pyrrole nitrogens is 1. The van der Waals surface area contributed by atoms with Crippen LogP contribution in [0.2, 0.25) is 0 Å². The van der Waals surface area contributed by atoms with Gasteiger partial charge in [0.2, 0.25) is 0 Å². The van der Waals surface area contributed by atoms with Crippen LogP contribution in [0.25, 0.3) is 11.3 Å². The molecular weight excluding hydrogens is 240 g/mol. The Balaban J connectivity index is 2.00. The maximum absolute atomic E-state index is 9.41. The molecular formula is C14H14N4O. The third-order valence-corrected chi connectivity index (χ3v) is 3.23. The molecule has 1 fully saturated rings. The number of nitriles is 1. The van der Waals surface area contributed by atoms with E-state index in [0.717, 1.165) is 30.2 Å². The first kappa shape index (κ1) is 11.8. The summed E-state index contributed by atoms with van der Waals surface area (Å²) in [6, 6.07) is 12.1. The second-order valence-electron chi connectivity index (χ2n) is 4.37. The molecule has 1 aliphatic rings. The van der Waals surface area contributed by atoms with Crippen molar-refractivity contribution in [1.29, 1.82) is 5.26 Å². The number of aromatic nitrogens is 2.